The van der Waals surface area contributed by atoms with Crippen LogP contribution in [0.2, 0.25) is 0 Å². The molecule has 1 aromatic heterocycles. The van der Waals surface area contributed by atoms with Crippen LogP contribution in [0.5, 0.6) is 0 Å². The molecule has 3 nitrogen and oxygen atoms in total. The Morgan fingerprint density at radius 3 is 2.71 bits per heavy atom. The average Bonchev–Trinajstić information content (AvgIpc) is 2.80. The number of thioether (sulfide) groups is 1. The lowest BCUT2D eigenvalue weighted by molar-refractivity contribution is 0.0700. The monoisotopic (exact) mass is 321 g/mol. The van der Waals surface area contributed by atoms with Gasteiger partial charge in [-0.3, -0.25) is 0 Å². The van der Waals surface area contributed by atoms with E-state index < -0.39 is 5.97 Å². The first-order chi connectivity index (χ1) is 9.97. The van der Waals surface area contributed by atoms with Crippen LogP contribution in [0.1, 0.15) is 39.8 Å². The molecule has 0 atom stereocenters. The Morgan fingerprint density at radius 1 is 1.38 bits per heavy atom. The maximum atomic E-state index is 11.3. The number of rotatable bonds is 6. The summed E-state index contributed by atoms with van der Waals surface area (Å²) in [6, 6.07) is 8.20. The summed E-state index contributed by atoms with van der Waals surface area (Å²) < 4.78 is 0. The number of benzene rings is 1. The zero-order valence-electron chi connectivity index (χ0n) is 12.4. The fourth-order valence-corrected chi connectivity index (χ4v) is 3.96. The van der Waals surface area contributed by atoms with Crippen LogP contribution in [0.25, 0.3) is 0 Å². The van der Waals surface area contributed by atoms with E-state index in [2.05, 4.69) is 37.9 Å². The Kier molecular flexibility index (Phi) is 5.42. The number of hydrogen-bond acceptors (Lipinski definition) is 4. The number of hydrogen-bond donors (Lipinski definition) is 1. The molecule has 2 aromatic rings. The topological polar surface area (TPSA) is 50.2 Å². The Hall–Kier alpha value is -1.33. The fraction of sp³-hybridized carbons (Fsp3) is 0.375. The molecule has 0 radical (unpaired) electrons. The standard InChI is InChI=1S/C16H19NO2S2/c1-10(2)8-12-15(16(18)19)21-14(17-12)9-20-13-7-5-4-6-11(13)3/h4-7,10H,8-9H2,1-3H3,(H,18,19). The lowest BCUT2D eigenvalue weighted by Crippen LogP contribution is -2.02. The molecule has 1 heterocycles. The van der Waals surface area contributed by atoms with Crippen LogP contribution in [0.3, 0.4) is 0 Å². The van der Waals surface area contributed by atoms with E-state index >= 15 is 0 Å². The van der Waals surface area contributed by atoms with E-state index in [9.17, 15) is 9.90 Å². The van der Waals surface area contributed by atoms with E-state index in [1.807, 2.05) is 12.1 Å². The maximum absolute atomic E-state index is 11.3. The molecular weight excluding hydrogens is 302 g/mol. The van der Waals surface area contributed by atoms with Crippen molar-refractivity contribution >= 4 is 29.1 Å². The lowest BCUT2D eigenvalue weighted by Gasteiger charge is -2.03. The predicted molar refractivity (Wildman–Crippen MR) is 88.4 cm³/mol. The molecule has 5 heteroatoms. The zero-order chi connectivity index (χ0) is 15.4. The highest BCUT2D eigenvalue weighted by atomic mass is 32.2. The number of aromatic carboxylic acids is 1. The SMILES string of the molecule is Cc1ccccc1SCc1nc(CC(C)C)c(C(=O)O)s1. The van der Waals surface area contributed by atoms with Crippen LogP contribution in [0.4, 0.5) is 0 Å². The van der Waals surface area contributed by atoms with E-state index in [0.717, 1.165) is 10.7 Å². The van der Waals surface area contributed by atoms with Crippen LogP contribution in [-0.4, -0.2) is 16.1 Å². The van der Waals surface area contributed by atoms with Gasteiger partial charge >= 0.3 is 5.97 Å². The van der Waals surface area contributed by atoms with Gasteiger partial charge in [-0.25, -0.2) is 9.78 Å². The summed E-state index contributed by atoms with van der Waals surface area (Å²) in [4.78, 5) is 17.5. The average molecular weight is 321 g/mol. The third-order valence-electron chi connectivity index (χ3n) is 2.98. The number of nitrogens with zero attached hydrogens (tertiary/aromatic N) is 1. The Bertz CT molecular complexity index is 635. The van der Waals surface area contributed by atoms with E-state index in [1.165, 1.54) is 21.8 Å². The van der Waals surface area contributed by atoms with Gasteiger partial charge in [0, 0.05) is 4.90 Å². The molecule has 0 aliphatic heterocycles. The van der Waals surface area contributed by atoms with Gasteiger partial charge in [0.2, 0.25) is 0 Å². The van der Waals surface area contributed by atoms with Gasteiger partial charge in [0.25, 0.3) is 0 Å². The maximum Gasteiger partial charge on any atom is 0.347 e. The molecule has 0 amide bonds. The van der Waals surface area contributed by atoms with Crippen molar-refractivity contribution in [3.63, 3.8) is 0 Å². The largest absolute Gasteiger partial charge is 0.477 e. The number of carbonyl (C=O) groups is 1. The Morgan fingerprint density at radius 2 is 2.10 bits per heavy atom. The molecule has 0 unspecified atom stereocenters. The van der Waals surface area contributed by atoms with Crippen molar-refractivity contribution in [1.29, 1.82) is 0 Å². The van der Waals surface area contributed by atoms with Crippen molar-refractivity contribution in [3.8, 4) is 0 Å². The highest BCUT2D eigenvalue weighted by molar-refractivity contribution is 7.98. The number of aromatic nitrogens is 1. The van der Waals surface area contributed by atoms with Crippen LogP contribution in [0, 0.1) is 12.8 Å². The normalized spacial score (nSPS) is 11.0. The minimum Gasteiger partial charge on any atom is -0.477 e. The Balaban J connectivity index is 2.14. The van der Waals surface area contributed by atoms with Crippen molar-refractivity contribution < 1.29 is 9.90 Å². The van der Waals surface area contributed by atoms with Gasteiger partial charge in [-0.1, -0.05) is 32.0 Å². The van der Waals surface area contributed by atoms with E-state index in [1.54, 1.807) is 11.8 Å². The summed E-state index contributed by atoms with van der Waals surface area (Å²) in [5.74, 6) is 0.255. The molecule has 1 aromatic carbocycles. The fourth-order valence-electron chi connectivity index (χ4n) is 2.01. The number of carboxylic acid groups (broad SMARTS) is 1. The van der Waals surface area contributed by atoms with E-state index in [-0.39, 0.29) is 0 Å². The summed E-state index contributed by atoms with van der Waals surface area (Å²) in [6.45, 7) is 6.23. The van der Waals surface area contributed by atoms with Gasteiger partial charge in [0.05, 0.1) is 11.4 Å². The molecule has 0 saturated heterocycles. The van der Waals surface area contributed by atoms with Crippen molar-refractivity contribution in [2.45, 2.75) is 37.8 Å². The van der Waals surface area contributed by atoms with Gasteiger partial charge in [0.1, 0.15) is 9.88 Å². The van der Waals surface area contributed by atoms with Crippen molar-refractivity contribution in [3.05, 3.63) is 45.4 Å². The highest BCUT2D eigenvalue weighted by Gasteiger charge is 2.18. The number of carboxylic acids is 1. The Labute approximate surface area is 133 Å². The molecule has 0 aliphatic rings. The van der Waals surface area contributed by atoms with Gasteiger partial charge in [0.15, 0.2) is 0 Å². The minimum atomic E-state index is -0.865. The number of thiazole rings is 1. The van der Waals surface area contributed by atoms with E-state index in [4.69, 9.17) is 0 Å². The quantitative estimate of drug-likeness (QED) is 0.787. The predicted octanol–water partition coefficient (Wildman–Crippen LogP) is 4.64. The molecular formula is C16H19NO2S2. The molecule has 21 heavy (non-hydrogen) atoms. The summed E-state index contributed by atoms with van der Waals surface area (Å²) in [5.41, 5.74) is 1.96. The molecule has 2 rings (SSSR count). The first-order valence-electron chi connectivity index (χ1n) is 6.87. The van der Waals surface area contributed by atoms with Crippen molar-refractivity contribution in [2.75, 3.05) is 0 Å². The third kappa shape index (κ3) is 4.32. The molecule has 0 aliphatic carbocycles. The summed E-state index contributed by atoms with van der Waals surface area (Å²) in [7, 11) is 0. The summed E-state index contributed by atoms with van der Waals surface area (Å²) in [5, 5.41) is 10.2. The van der Waals surface area contributed by atoms with Crippen LogP contribution < -0.4 is 0 Å². The van der Waals surface area contributed by atoms with Crippen LogP contribution >= 0.6 is 23.1 Å². The van der Waals surface area contributed by atoms with Gasteiger partial charge < -0.3 is 5.11 Å². The first-order valence-corrected chi connectivity index (χ1v) is 8.68. The van der Waals surface area contributed by atoms with Crippen molar-refractivity contribution in [1.82, 2.24) is 4.98 Å². The molecule has 0 spiro atoms. The van der Waals surface area contributed by atoms with Gasteiger partial charge in [-0.15, -0.1) is 23.1 Å². The van der Waals surface area contributed by atoms with Crippen molar-refractivity contribution in [2.24, 2.45) is 5.92 Å². The molecule has 0 fully saturated rings. The third-order valence-corrected chi connectivity index (χ3v) is 5.44. The molecule has 0 saturated carbocycles. The zero-order valence-corrected chi connectivity index (χ0v) is 14.1. The van der Waals surface area contributed by atoms with Gasteiger partial charge in [-0.05, 0) is 30.9 Å². The number of aryl methyl sites for hydroxylation is 1. The summed E-state index contributed by atoms with van der Waals surface area (Å²) in [6.07, 6.45) is 0.715. The smallest absolute Gasteiger partial charge is 0.347 e. The first kappa shape index (κ1) is 16.0. The second-order valence-electron chi connectivity index (χ2n) is 5.34. The second kappa shape index (κ2) is 7.09. The lowest BCUT2D eigenvalue weighted by atomic mass is 10.1. The second-order valence-corrected chi connectivity index (χ2v) is 7.44. The summed E-state index contributed by atoms with van der Waals surface area (Å²) >= 11 is 3.01. The molecule has 112 valence electrons. The molecule has 0 bridgehead atoms. The van der Waals surface area contributed by atoms with Crippen LogP contribution in [-0.2, 0) is 12.2 Å². The molecule has 1 N–H and O–H groups in total. The highest BCUT2D eigenvalue weighted by Crippen LogP contribution is 2.29. The van der Waals surface area contributed by atoms with Gasteiger partial charge in [-0.2, -0.15) is 0 Å². The van der Waals surface area contributed by atoms with E-state index in [0.29, 0.717) is 23.0 Å². The minimum absolute atomic E-state index is 0.393. The van der Waals surface area contributed by atoms with Crippen LogP contribution in [0.15, 0.2) is 29.2 Å².